The molecule has 1 heterocycles. The van der Waals surface area contributed by atoms with Crippen molar-refractivity contribution in [3.05, 3.63) is 23.8 Å². The Labute approximate surface area is 122 Å². The highest BCUT2D eigenvalue weighted by atomic mass is 16.5. The van der Waals surface area contributed by atoms with Crippen LogP contribution >= 0.6 is 0 Å². The van der Waals surface area contributed by atoms with Gasteiger partial charge in [-0.25, -0.2) is 0 Å². The van der Waals surface area contributed by atoms with Crippen LogP contribution in [0.5, 0.6) is 11.5 Å². The topological polar surface area (TPSA) is 27.3 Å². The molecule has 4 nitrogen and oxygen atoms in total. The summed E-state index contributed by atoms with van der Waals surface area (Å²) in [7, 11) is 7.97. The molecule has 1 unspecified atom stereocenters. The molecule has 0 radical (unpaired) electrons. The molecule has 1 aromatic carbocycles. The van der Waals surface area contributed by atoms with Crippen LogP contribution in [0, 0.1) is 0 Å². The molecule has 1 atom stereocenters. The molecule has 1 aromatic rings. The standard InChI is InChI=1S/C16H26N2O2/c1-17-9-7-14(8-10-17)18(2)12-13-5-6-15(19-3)16(11-13)20-4/h5-6,11,14H,7-10,12H2,1-4H3/p+2. The predicted molar refractivity (Wildman–Crippen MR) is 79.8 cm³/mol. The monoisotopic (exact) mass is 280 g/mol. The second kappa shape index (κ2) is 6.95. The van der Waals surface area contributed by atoms with E-state index in [1.165, 1.54) is 31.5 Å². The maximum Gasteiger partial charge on any atom is 0.161 e. The zero-order valence-corrected chi connectivity index (χ0v) is 13.2. The van der Waals surface area contributed by atoms with Crippen LogP contribution in [0.25, 0.3) is 0 Å². The second-order valence-corrected chi connectivity index (χ2v) is 5.94. The Bertz CT molecular complexity index is 428. The van der Waals surface area contributed by atoms with Gasteiger partial charge >= 0.3 is 0 Å². The van der Waals surface area contributed by atoms with Crippen molar-refractivity contribution < 1.29 is 19.3 Å². The molecule has 4 heteroatoms. The van der Waals surface area contributed by atoms with Crippen LogP contribution in [-0.2, 0) is 6.54 Å². The summed E-state index contributed by atoms with van der Waals surface area (Å²) in [5, 5.41) is 0. The van der Waals surface area contributed by atoms with Gasteiger partial charge in [-0.1, -0.05) is 0 Å². The van der Waals surface area contributed by atoms with Gasteiger partial charge in [0.2, 0.25) is 0 Å². The van der Waals surface area contributed by atoms with Gasteiger partial charge in [0.1, 0.15) is 6.54 Å². The van der Waals surface area contributed by atoms with E-state index in [0.29, 0.717) is 0 Å². The lowest BCUT2D eigenvalue weighted by Gasteiger charge is -2.30. The van der Waals surface area contributed by atoms with E-state index in [1.54, 1.807) is 24.0 Å². The molecular formula is C16H28N2O2+2. The summed E-state index contributed by atoms with van der Waals surface area (Å²) in [6, 6.07) is 7.03. The van der Waals surface area contributed by atoms with E-state index in [2.05, 4.69) is 26.2 Å². The van der Waals surface area contributed by atoms with Crippen molar-refractivity contribution in [1.29, 1.82) is 0 Å². The highest BCUT2D eigenvalue weighted by Gasteiger charge is 2.26. The van der Waals surface area contributed by atoms with Gasteiger partial charge < -0.3 is 19.3 Å². The van der Waals surface area contributed by atoms with E-state index in [1.807, 2.05) is 6.07 Å². The molecule has 20 heavy (non-hydrogen) atoms. The minimum absolute atomic E-state index is 0.784. The molecular weight excluding hydrogens is 252 g/mol. The van der Waals surface area contributed by atoms with Gasteiger partial charge in [0.25, 0.3) is 0 Å². The summed E-state index contributed by atoms with van der Waals surface area (Å²) in [6.07, 6.45) is 2.65. The summed E-state index contributed by atoms with van der Waals surface area (Å²) in [6.45, 7) is 3.64. The van der Waals surface area contributed by atoms with Crippen molar-refractivity contribution in [2.75, 3.05) is 41.4 Å². The van der Waals surface area contributed by atoms with Crippen LogP contribution in [0.4, 0.5) is 0 Å². The van der Waals surface area contributed by atoms with Gasteiger partial charge in [0, 0.05) is 18.4 Å². The SMILES string of the molecule is COc1ccc(C[NH+](C)C2CC[NH+](C)CC2)cc1OC. The minimum Gasteiger partial charge on any atom is -0.493 e. The third-order valence-electron chi connectivity index (χ3n) is 4.47. The maximum absolute atomic E-state index is 5.38. The van der Waals surface area contributed by atoms with Crippen LogP contribution in [0.1, 0.15) is 18.4 Å². The molecule has 1 fully saturated rings. The van der Waals surface area contributed by atoms with Crippen molar-refractivity contribution in [3.63, 3.8) is 0 Å². The van der Waals surface area contributed by atoms with Gasteiger partial charge in [-0.3, -0.25) is 0 Å². The molecule has 1 aliphatic rings. The van der Waals surface area contributed by atoms with Crippen molar-refractivity contribution in [3.8, 4) is 11.5 Å². The fourth-order valence-corrected chi connectivity index (χ4v) is 3.06. The molecule has 0 saturated carbocycles. The predicted octanol–water partition coefficient (Wildman–Crippen LogP) is -0.604. The molecule has 112 valence electrons. The van der Waals surface area contributed by atoms with Gasteiger partial charge in [0.15, 0.2) is 11.5 Å². The van der Waals surface area contributed by atoms with E-state index >= 15 is 0 Å². The number of quaternary nitrogens is 2. The van der Waals surface area contributed by atoms with Gasteiger partial charge in [-0.15, -0.1) is 0 Å². The maximum atomic E-state index is 5.38. The fraction of sp³-hybridized carbons (Fsp3) is 0.625. The average molecular weight is 280 g/mol. The number of hydrogen-bond donors (Lipinski definition) is 2. The number of hydrogen-bond acceptors (Lipinski definition) is 2. The number of ether oxygens (including phenoxy) is 2. The highest BCUT2D eigenvalue weighted by molar-refractivity contribution is 5.42. The minimum atomic E-state index is 0.784. The Balaban J connectivity index is 1.98. The Hall–Kier alpha value is -1.26. The number of nitrogens with one attached hydrogen (secondary N) is 2. The number of rotatable bonds is 5. The molecule has 0 spiro atoms. The largest absolute Gasteiger partial charge is 0.493 e. The lowest BCUT2D eigenvalue weighted by Crippen LogP contribution is -3.17. The molecule has 2 rings (SSSR count). The van der Waals surface area contributed by atoms with E-state index in [9.17, 15) is 0 Å². The molecule has 0 aromatic heterocycles. The number of likely N-dealkylation sites (tertiary alicyclic amines) is 1. The number of piperidine rings is 1. The van der Waals surface area contributed by atoms with Crippen molar-refractivity contribution in [2.45, 2.75) is 25.4 Å². The van der Waals surface area contributed by atoms with Crippen LogP contribution in [0.15, 0.2) is 18.2 Å². The molecule has 0 bridgehead atoms. The van der Waals surface area contributed by atoms with Gasteiger partial charge in [0.05, 0.1) is 47.4 Å². The smallest absolute Gasteiger partial charge is 0.161 e. The summed E-state index contributed by atoms with van der Waals surface area (Å²) in [5.74, 6) is 1.63. The first-order valence-electron chi connectivity index (χ1n) is 7.48. The summed E-state index contributed by atoms with van der Waals surface area (Å²) >= 11 is 0. The normalized spacial score (nSPS) is 24.2. The van der Waals surface area contributed by atoms with Crippen LogP contribution in [0.2, 0.25) is 0 Å². The third kappa shape index (κ3) is 3.64. The summed E-state index contributed by atoms with van der Waals surface area (Å²) in [4.78, 5) is 3.27. The Kier molecular flexibility index (Phi) is 5.26. The van der Waals surface area contributed by atoms with E-state index in [-0.39, 0.29) is 0 Å². The van der Waals surface area contributed by atoms with Crippen LogP contribution < -0.4 is 19.3 Å². The van der Waals surface area contributed by atoms with E-state index in [4.69, 9.17) is 9.47 Å². The molecule has 1 saturated heterocycles. The molecule has 1 aliphatic heterocycles. The molecule has 2 N–H and O–H groups in total. The summed E-state index contributed by atoms with van der Waals surface area (Å²) < 4.78 is 10.7. The van der Waals surface area contributed by atoms with Crippen LogP contribution in [-0.4, -0.2) is 47.4 Å². The van der Waals surface area contributed by atoms with Crippen molar-refractivity contribution >= 4 is 0 Å². The first kappa shape index (κ1) is 15.1. The summed E-state index contributed by atoms with van der Waals surface area (Å²) in [5.41, 5.74) is 1.31. The first-order valence-corrected chi connectivity index (χ1v) is 7.48. The Morgan fingerprint density at radius 3 is 2.40 bits per heavy atom. The Morgan fingerprint density at radius 2 is 1.80 bits per heavy atom. The highest BCUT2D eigenvalue weighted by Crippen LogP contribution is 2.27. The van der Waals surface area contributed by atoms with Gasteiger partial charge in [-0.05, 0) is 18.2 Å². The second-order valence-electron chi connectivity index (χ2n) is 5.94. The lowest BCUT2D eigenvalue weighted by molar-refractivity contribution is -0.948. The quantitative estimate of drug-likeness (QED) is 0.753. The van der Waals surface area contributed by atoms with Crippen molar-refractivity contribution in [2.24, 2.45) is 0 Å². The first-order chi connectivity index (χ1) is 9.63. The average Bonchev–Trinajstić information content (AvgIpc) is 2.47. The lowest BCUT2D eigenvalue weighted by atomic mass is 10.0. The van der Waals surface area contributed by atoms with Gasteiger partial charge in [-0.2, -0.15) is 0 Å². The van der Waals surface area contributed by atoms with Crippen LogP contribution in [0.3, 0.4) is 0 Å². The van der Waals surface area contributed by atoms with E-state index in [0.717, 1.165) is 24.1 Å². The van der Waals surface area contributed by atoms with E-state index < -0.39 is 0 Å². The fourth-order valence-electron chi connectivity index (χ4n) is 3.06. The zero-order valence-electron chi connectivity index (χ0n) is 13.2. The number of benzene rings is 1. The zero-order chi connectivity index (χ0) is 14.5. The number of methoxy groups -OCH3 is 2. The molecule has 0 amide bonds. The molecule has 0 aliphatic carbocycles. The Morgan fingerprint density at radius 1 is 1.15 bits per heavy atom. The third-order valence-corrected chi connectivity index (χ3v) is 4.47. The van der Waals surface area contributed by atoms with Crippen molar-refractivity contribution in [1.82, 2.24) is 0 Å².